The average molecular weight is 457 g/mol. The number of unbranched alkanes of at least 4 members (excludes halogenated alkanes) is 2. The number of aryl methyl sites for hydroxylation is 1. The SMILES string of the molecule is CC=CCCc1ccc2cc(C3CCC4CC(CCCCC)CCC4C3)c(F)c(F)c2c1F. The number of benzene rings is 2. The monoisotopic (exact) mass is 456 g/mol. The minimum atomic E-state index is -1.00. The predicted octanol–water partition coefficient (Wildman–Crippen LogP) is 9.65. The highest BCUT2D eigenvalue weighted by Crippen LogP contribution is 2.49. The molecule has 180 valence electrons. The minimum absolute atomic E-state index is 0.0409. The first-order chi connectivity index (χ1) is 16.0. The van der Waals surface area contributed by atoms with Crippen LogP contribution in [0.25, 0.3) is 10.8 Å². The molecule has 2 aromatic rings. The van der Waals surface area contributed by atoms with Crippen LogP contribution in [0.5, 0.6) is 0 Å². The molecule has 2 aromatic carbocycles. The van der Waals surface area contributed by atoms with Gasteiger partial charge in [0.2, 0.25) is 0 Å². The molecule has 4 rings (SSSR count). The molecule has 0 saturated heterocycles. The van der Waals surface area contributed by atoms with Crippen LogP contribution in [0, 0.1) is 35.2 Å². The van der Waals surface area contributed by atoms with Crippen LogP contribution in [0.4, 0.5) is 13.2 Å². The molecule has 3 heteroatoms. The van der Waals surface area contributed by atoms with Gasteiger partial charge in [-0.3, -0.25) is 0 Å². The molecular weight excluding hydrogens is 417 g/mol. The lowest BCUT2D eigenvalue weighted by molar-refractivity contribution is 0.112. The van der Waals surface area contributed by atoms with Gasteiger partial charge in [-0.2, -0.15) is 0 Å². The van der Waals surface area contributed by atoms with Crippen LogP contribution in [0.1, 0.15) is 102 Å². The minimum Gasteiger partial charge on any atom is -0.206 e. The van der Waals surface area contributed by atoms with Gasteiger partial charge in [-0.25, -0.2) is 13.2 Å². The maximum absolute atomic E-state index is 15.2. The second-order valence-electron chi connectivity index (χ2n) is 10.5. The summed E-state index contributed by atoms with van der Waals surface area (Å²) in [7, 11) is 0. The van der Waals surface area contributed by atoms with Gasteiger partial charge >= 0.3 is 0 Å². The molecule has 0 aromatic heterocycles. The molecule has 0 N–H and O–H groups in total. The molecule has 0 heterocycles. The van der Waals surface area contributed by atoms with Crippen molar-refractivity contribution in [1.82, 2.24) is 0 Å². The molecule has 2 fully saturated rings. The van der Waals surface area contributed by atoms with Crippen molar-refractivity contribution in [1.29, 1.82) is 0 Å². The molecule has 4 unspecified atom stereocenters. The quantitative estimate of drug-likeness (QED) is 0.274. The molecular formula is C30H39F3. The van der Waals surface area contributed by atoms with Crippen LogP contribution >= 0.6 is 0 Å². The summed E-state index contributed by atoms with van der Waals surface area (Å²) in [6.45, 7) is 4.17. The Morgan fingerprint density at radius 3 is 2.48 bits per heavy atom. The summed E-state index contributed by atoms with van der Waals surface area (Å²) in [5, 5.41) is 0.299. The Bertz CT molecular complexity index is 976. The lowest BCUT2D eigenvalue weighted by atomic mass is 9.63. The van der Waals surface area contributed by atoms with Crippen molar-refractivity contribution < 1.29 is 13.2 Å². The highest BCUT2D eigenvalue weighted by Gasteiger charge is 2.37. The van der Waals surface area contributed by atoms with Crippen molar-refractivity contribution in [2.75, 3.05) is 0 Å². The molecule has 0 nitrogen and oxygen atoms in total. The van der Waals surface area contributed by atoms with Gasteiger partial charge in [0.1, 0.15) is 5.82 Å². The average Bonchev–Trinajstić information content (AvgIpc) is 2.82. The molecule has 0 amide bonds. The van der Waals surface area contributed by atoms with Crippen molar-refractivity contribution in [3.8, 4) is 0 Å². The van der Waals surface area contributed by atoms with E-state index in [9.17, 15) is 0 Å². The number of fused-ring (bicyclic) bond motifs is 2. The summed E-state index contributed by atoms with van der Waals surface area (Å²) in [4.78, 5) is 0. The molecule has 4 atom stereocenters. The third-order valence-electron chi connectivity index (χ3n) is 8.42. The molecule has 0 spiro atoms. The van der Waals surface area contributed by atoms with Crippen molar-refractivity contribution in [2.24, 2.45) is 17.8 Å². The van der Waals surface area contributed by atoms with Gasteiger partial charge in [0.25, 0.3) is 0 Å². The number of hydrogen-bond acceptors (Lipinski definition) is 0. The normalized spacial score (nSPS) is 25.6. The molecule has 0 radical (unpaired) electrons. The zero-order valence-electron chi connectivity index (χ0n) is 20.3. The van der Waals surface area contributed by atoms with Crippen molar-refractivity contribution >= 4 is 10.8 Å². The van der Waals surface area contributed by atoms with Crippen LogP contribution in [0.2, 0.25) is 0 Å². The van der Waals surface area contributed by atoms with E-state index in [0.717, 1.165) is 31.1 Å². The van der Waals surface area contributed by atoms with E-state index in [1.807, 2.05) is 19.1 Å². The Kier molecular flexibility index (Phi) is 8.20. The standard InChI is InChI=1S/C30H39F3/c1-3-5-7-9-20-11-12-23-18-24(15-14-22(23)17-20)26-19-25-16-13-21(10-8-6-4-2)28(31)27(25)30(33)29(26)32/h4,6,13,16,19-20,22-24H,3,5,7-12,14-15,17-18H2,1-2H3. The topological polar surface area (TPSA) is 0 Å². The van der Waals surface area contributed by atoms with E-state index in [0.29, 0.717) is 35.3 Å². The highest BCUT2D eigenvalue weighted by atomic mass is 19.2. The molecule has 2 saturated carbocycles. The van der Waals surface area contributed by atoms with E-state index in [1.54, 1.807) is 18.2 Å². The van der Waals surface area contributed by atoms with Gasteiger partial charge < -0.3 is 0 Å². The van der Waals surface area contributed by atoms with Crippen LogP contribution in [0.3, 0.4) is 0 Å². The van der Waals surface area contributed by atoms with Gasteiger partial charge in [-0.05, 0) is 98.1 Å². The first kappa shape index (κ1) is 24.4. The van der Waals surface area contributed by atoms with E-state index < -0.39 is 17.5 Å². The summed E-state index contributed by atoms with van der Waals surface area (Å²) in [6.07, 6.45) is 17.1. The number of allylic oxidation sites excluding steroid dienone is 2. The van der Waals surface area contributed by atoms with Crippen molar-refractivity contribution in [3.05, 3.63) is 58.9 Å². The smallest absolute Gasteiger partial charge is 0.169 e. The maximum atomic E-state index is 15.2. The third kappa shape index (κ3) is 5.33. The molecule has 33 heavy (non-hydrogen) atoms. The summed E-state index contributed by atoms with van der Waals surface area (Å²) in [6, 6.07) is 5.23. The van der Waals surface area contributed by atoms with E-state index >= 15 is 13.2 Å². The van der Waals surface area contributed by atoms with E-state index in [4.69, 9.17) is 0 Å². The lowest BCUT2D eigenvalue weighted by Gasteiger charge is -2.42. The van der Waals surface area contributed by atoms with E-state index in [-0.39, 0.29) is 11.3 Å². The molecule has 2 aliphatic rings. The Morgan fingerprint density at radius 1 is 0.909 bits per heavy atom. The highest BCUT2D eigenvalue weighted by molar-refractivity contribution is 5.85. The second-order valence-corrected chi connectivity index (χ2v) is 10.5. The van der Waals surface area contributed by atoms with Gasteiger partial charge in [0, 0.05) is 0 Å². The Hall–Kier alpha value is -1.77. The molecule has 0 bridgehead atoms. The zero-order valence-corrected chi connectivity index (χ0v) is 20.3. The Labute approximate surface area is 197 Å². The molecule has 2 aliphatic carbocycles. The third-order valence-corrected chi connectivity index (χ3v) is 8.42. The van der Waals surface area contributed by atoms with Gasteiger partial charge in [-0.15, -0.1) is 0 Å². The fraction of sp³-hybridized carbons (Fsp3) is 0.600. The lowest BCUT2D eigenvalue weighted by Crippen LogP contribution is -2.30. The fourth-order valence-corrected chi connectivity index (χ4v) is 6.55. The van der Waals surface area contributed by atoms with Crippen LogP contribution in [-0.2, 0) is 6.42 Å². The summed E-state index contributed by atoms with van der Waals surface area (Å²) in [5.74, 6) is -0.181. The van der Waals surface area contributed by atoms with Crippen molar-refractivity contribution in [2.45, 2.75) is 96.8 Å². The maximum Gasteiger partial charge on any atom is 0.169 e. The largest absolute Gasteiger partial charge is 0.206 e. The van der Waals surface area contributed by atoms with Gasteiger partial charge in [0.15, 0.2) is 11.6 Å². The van der Waals surface area contributed by atoms with Crippen LogP contribution < -0.4 is 0 Å². The van der Waals surface area contributed by atoms with Crippen LogP contribution in [-0.4, -0.2) is 0 Å². The summed E-state index contributed by atoms with van der Waals surface area (Å²) < 4.78 is 45.4. The predicted molar refractivity (Wildman–Crippen MR) is 132 cm³/mol. The first-order valence-electron chi connectivity index (χ1n) is 13.2. The zero-order chi connectivity index (χ0) is 23.4. The molecule has 0 aliphatic heterocycles. The Morgan fingerprint density at radius 2 is 1.70 bits per heavy atom. The van der Waals surface area contributed by atoms with Crippen molar-refractivity contribution in [3.63, 3.8) is 0 Å². The summed E-state index contributed by atoms with van der Waals surface area (Å²) >= 11 is 0. The fourth-order valence-electron chi connectivity index (χ4n) is 6.55. The van der Waals surface area contributed by atoms with Crippen LogP contribution in [0.15, 0.2) is 30.4 Å². The summed E-state index contributed by atoms with van der Waals surface area (Å²) in [5.41, 5.74) is 0.910. The van der Waals surface area contributed by atoms with Gasteiger partial charge in [0.05, 0.1) is 5.39 Å². The number of hydrogen-bond donors (Lipinski definition) is 0. The number of halogens is 3. The number of rotatable bonds is 8. The van der Waals surface area contributed by atoms with Gasteiger partial charge in [-0.1, -0.05) is 63.3 Å². The second kappa shape index (κ2) is 11.1. The first-order valence-corrected chi connectivity index (χ1v) is 13.2. The Balaban J connectivity index is 1.50. The van der Waals surface area contributed by atoms with E-state index in [1.165, 1.54) is 44.9 Å². The van der Waals surface area contributed by atoms with E-state index in [2.05, 4.69) is 6.92 Å².